The third kappa shape index (κ3) is 4.60. The topological polar surface area (TPSA) is 67.8 Å². The maximum absolute atomic E-state index is 13.2. The molecule has 0 aromatic carbocycles. The number of carbonyl (C=O) groups is 1. The molecule has 32 heavy (non-hydrogen) atoms. The summed E-state index contributed by atoms with van der Waals surface area (Å²) in [6.07, 6.45) is 2.35. The van der Waals surface area contributed by atoms with E-state index in [9.17, 15) is 18.0 Å². The zero-order valence-electron chi connectivity index (χ0n) is 18.1. The molecular weight excluding hydrogens is 425 g/mol. The summed E-state index contributed by atoms with van der Waals surface area (Å²) in [5.41, 5.74) is 0.278. The monoisotopic (exact) mass is 452 g/mol. The van der Waals surface area contributed by atoms with Crippen LogP contribution in [0.15, 0.2) is 35.7 Å². The third-order valence-corrected chi connectivity index (χ3v) is 6.50. The Labute approximate surface area is 184 Å². The molecule has 0 spiro atoms. The van der Waals surface area contributed by atoms with Gasteiger partial charge in [0.05, 0.1) is 13.2 Å². The summed E-state index contributed by atoms with van der Waals surface area (Å²) in [5.74, 6) is 0.897. The van der Waals surface area contributed by atoms with E-state index in [1.54, 1.807) is 19.1 Å². The van der Waals surface area contributed by atoms with Crippen LogP contribution in [0.5, 0.6) is 0 Å². The number of nitrogens with zero attached hydrogens (tertiary/aromatic N) is 4. The molecule has 2 aliphatic heterocycles. The summed E-state index contributed by atoms with van der Waals surface area (Å²) in [6.45, 7) is 2.13. The van der Waals surface area contributed by atoms with Crippen molar-refractivity contribution in [2.24, 2.45) is 11.8 Å². The molecule has 10 heteroatoms. The Morgan fingerprint density at radius 1 is 1.19 bits per heavy atom. The van der Waals surface area contributed by atoms with Crippen molar-refractivity contribution in [2.45, 2.75) is 31.5 Å². The molecule has 1 aromatic heterocycles. The highest BCUT2D eigenvalue weighted by molar-refractivity contribution is 5.79. The number of allylic oxidation sites excluding steroid dienone is 1. The minimum Gasteiger partial charge on any atom is -0.497 e. The SMILES string of the molecule is COC1=CC(OC)C2CN(C(=O)C3CCN(c4nccc(C(F)(F)F)n4)CC3)CCC2=C1. The van der Waals surface area contributed by atoms with Gasteiger partial charge < -0.3 is 19.3 Å². The number of anilines is 1. The maximum atomic E-state index is 13.2. The number of hydrogen-bond donors (Lipinski definition) is 0. The fourth-order valence-corrected chi connectivity index (χ4v) is 4.70. The van der Waals surface area contributed by atoms with E-state index < -0.39 is 11.9 Å². The Balaban J connectivity index is 1.36. The van der Waals surface area contributed by atoms with Crippen LogP contribution in [0.4, 0.5) is 19.1 Å². The van der Waals surface area contributed by atoms with Gasteiger partial charge in [0.25, 0.3) is 0 Å². The van der Waals surface area contributed by atoms with Gasteiger partial charge in [-0.3, -0.25) is 4.79 Å². The molecule has 0 radical (unpaired) electrons. The Bertz CT molecular complexity index is 910. The number of fused-ring (bicyclic) bond motifs is 1. The first-order valence-electron chi connectivity index (χ1n) is 10.7. The zero-order valence-corrected chi connectivity index (χ0v) is 18.1. The standard InChI is InChI=1S/C22H27F3N4O3/c1-31-16-11-15-6-10-29(13-17(15)18(12-16)32-2)20(30)14-4-8-28(9-5-14)21-26-7-3-19(27-21)22(23,24)25/h3,7,11-12,14,17-18H,4-6,8-10,13H2,1-2H3. The number of hydrogen-bond acceptors (Lipinski definition) is 6. The predicted octanol–water partition coefficient (Wildman–Crippen LogP) is 3.05. The van der Waals surface area contributed by atoms with Crippen molar-refractivity contribution >= 4 is 11.9 Å². The molecule has 174 valence electrons. The van der Waals surface area contributed by atoms with Crippen LogP contribution in [-0.4, -0.2) is 67.3 Å². The van der Waals surface area contributed by atoms with Gasteiger partial charge in [-0.05, 0) is 37.5 Å². The second-order valence-corrected chi connectivity index (χ2v) is 8.33. The number of alkyl halides is 3. The molecule has 4 rings (SSSR count). The molecule has 7 nitrogen and oxygen atoms in total. The van der Waals surface area contributed by atoms with Crippen molar-refractivity contribution < 1.29 is 27.4 Å². The Hall–Kier alpha value is -2.62. The molecule has 2 saturated heterocycles. The fraction of sp³-hybridized carbons (Fsp3) is 0.591. The summed E-state index contributed by atoms with van der Waals surface area (Å²) in [5, 5.41) is 0. The molecule has 2 unspecified atom stereocenters. The van der Waals surface area contributed by atoms with E-state index in [4.69, 9.17) is 9.47 Å². The van der Waals surface area contributed by atoms with Gasteiger partial charge in [0, 0.05) is 51.3 Å². The molecule has 0 bridgehead atoms. The van der Waals surface area contributed by atoms with Gasteiger partial charge in [0.2, 0.25) is 11.9 Å². The van der Waals surface area contributed by atoms with Crippen molar-refractivity contribution in [3.05, 3.63) is 41.4 Å². The lowest BCUT2D eigenvalue weighted by atomic mass is 9.82. The highest BCUT2D eigenvalue weighted by Crippen LogP contribution is 2.35. The molecule has 1 aromatic rings. The van der Waals surface area contributed by atoms with E-state index in [0.29, 0.717) is 39.0 Å². The van der Waals surface area contributed by atoms with E-state index in [1.807, 2.05) is 17.1 Å². The highest BCUT2D eigenvalue weighted by Gasteiger charge is 2.38. The molecule has 2 atom stereocenters. The summed E-state index contributed by atoms with van der Waals surface area (Å²) < 4.78 is 49.8. The molecule has 3 aliphatic rings. The van der Waals surface area contributed by atoms with Crippen LogP contribution < -0.4 is 4.90 Å². The van der Waals surface area contributed by atoms with Gasteiger partial charge in [-0.15, -0.1) is 0 Å². The van der Waals surface area contributed by atoms with Crippen molar-refractivity contribution in [3.8, 4) is 0 Å². The first kappa shape index (κ1) is 22.6. The minimum absolute atomic E-state index is 0.0596. The molecule has 3 heterocycles. The van der Waals surface area contributed by atoms with Gasteiger partial charge >= 0.3 is 6.18 Å². The second kappa shape index (κ2) is 9.09. The maximum Gasteiger partial charge on any atom is 0.433 e. The predicted molar refractivity (Wildman–Crippen MR) is 111 cm³/mol. The lowest BCUT2D eigenvalue weighted by Gasteiger charge is -2.41. The van der Waals surface area contributed by atoms with E-state index in [1.165, 1.54) is 5.57 Å². The fourth-order valence-electron chi connectivity index (χ4n) is 4.70. The van der Waals surface area contributed by atoms with Gasteiger partial charge in [-0.1, -0.05) is 5.57 Å². The largest absolute Gasteiger partial charge is 0.497 e. The first-order chi connectivity index (χ1) is 15.3. The number of likely N-dealkylation sites (tertiary alicyclic amines) is 1. The number of ether oxygens (including phenoxy) is 2. The number of piperidine rings is 2. The van der Waals surface area contributed by atoms with Crippen LogP contribution in [0.3, 0.4) is 0 Å². The van der Waals surface area contributed by atoms with Crippen LogP contribution in [0.25, 0.3) is 0 Å². The van der Waals surface area contributed by atoms with Crippen LogP contribution in [-0.2, 0) is 20.4 Å². The molecular formula is C22H27F3N4O3. The normalized spacial score (nSPS) is 24.5. The quantitative estimate of drug-likeness (QED) is 0.700. The van der Waals surface area contributed by atoms with Gasteiger partial charge in [0.1, 0.15) is 11.5 Å². The summed E-state index contributed by atoms with van der Waals surface area (Å²) in [7, 11) is 3.29. The number of aromatic nitrogens is 2. The summed E-state index contributed by atoms with van der Waals surface area (Å²) in [6, 6.07) is 0.863. The Kier molecular flexibility index (Phi) is 6.41. The average Bonchev–Trinajstić information content (AvgIpc) is 2.82. The molecule has 0 N–H and O–H groups in total. The Morgan fingerprint density at radius 2 is 1.94 bits per heavy atom. The number of methoxy groups -OCH3 is 2. The van der Waals surface area contributed by atoms with Crippen LogP contribution in [0.2, 0.25) is 0 Å². The van der Waals surface area contributed by atoms with Gasteiger partial charge in [-0.2, -0.15) is 13.2 Å². The zero-order chi connectivity index (χ0) is 22.9. The number of amides is 1. The van der Waals surface area contributed by atoms with Crippen molar-refractivity contribution in [2.75, 3.05) is 45.3 Å². The van der Waals surface area contributed by atoms with Crippen LogP contribution >= 0.6 is 0 Å². The van der Waals surface area contributed by atoms with Gasteiger partial charge in [0.15, 0.2) is 0 Å². The number of halogens is 3. The van der Waals surface area contributed by atoms with E-state index in [0.717, 1.165) is 24.4 Å². The molecule has 1 aliphatic carbocycles. The molecule has 2 fully saturated rings. The number of rotatable bonds is 4. The van der Waals surface area contributed by atoms with E-state index in [2.05, 4.69) is 9.97 Å². The summed E-state index contributed by atoms with van der Waals surface area (Å²) in [4.78, 5) is 24.5. The lowest BCUT2D eigenvalue weighted by Crippen LogP contribution is -2.49. The van der Waals surface area contributed by atoms with E-state index >= 15 is 0 Å². The first-order valence-corrected chi connectivity index (χ1v) is 10.7. The van der Waals surface area contributed by atoms with Gasteiger partial charge in [-0.25, -0.2) is 9.97 Å². The smallest absolute Gasteiger partial charge is 0.433 e. The number of carbonyl (C=O) groups excluding carboxylic acids is 1. The molecule has 1 amide bonds. The van der Waals surface area contributed by atoms with Crippen molar-refractivity contribution in [1.82, 2.24) is 14.9 Å². The lowest BCUT2D eigenvalue weighted by molar-refractivity contribution is -0.141. The van der Waals surface area contributed by atoms with Crippen LogP contribution in [0, 0.1) is 11.8 Å². The van der Waals surface area contributed by atoms with Crippen molar-refractivity contribution in [1.29, 1.82) is 0 Å². The summed E-state index contributed by atoms with van der Waals surface area (Å²) >= 11 is 0. The average molecular weight is 452 g/mol. The second-order valence-electron chi connectivity index (χ2n) is 8.33. The Morgan fingerprint density at radius 3 is 2.59 bits per heavy atom. The van der Waals surface area contributed by atoms with Crippen LogP contribution in [0.1, 0.15) is 25.0 Å². The minimum atomic E-state index is -4.51. The highest BCUT2D eigenvalue weighted by atomic mass is 19.4. The van der Waals surface area contributed by atoms with Crippen molar-refractivity contribution in [3.63, 3.8) is 0 Å². The third-order valence-electron chi connectivity index (χ3n) is 6.50. The van der Waals surface area contributed by atoms with E-state index in [-0.39, 0.29) is 29.8 Å². The molecule has 0 saturated carbocycles.